The third-order valence-corrected chi connectivity index (χ3v) is 6.25. The highest BCUT2D eigenvalue weighted by atomic mass is 16.7. The van der Waals surface area contributed by atoms with Crippen LogP contribution in [0.15, 0.2) is 35.5 Å². The van der Waals surface area contributed by atoms with E-state index in [0.717, 1.165) is 24.1 Å². The normalized spacial score (nSPS) is 31.7. The van der Waals surface area contributed by atoms with Crippen molar-refractivity contribution < 1.29 is 14.5 Å². The Morgan fingerprint density at radius 1 is 1.26 bits per heavy atom. The van der Waals surface area contributed by atoms with Crippen molar-refractivity contribution in [1.82, 2.24) is 5.06 Å². The highest BCUT2D eigenvalue weighted by Gasteiger charge is 2.53. The number of carbonyl (C=O) groups is 1. The fourth-order valence-corrected chi connectivity index (χ4v) is 3.91. The first-order valence-corrected chi connectivity index (χ1v) is 9.94. The predicted molar refractivity (Wildman–Crippen MR) is 108 cm³/mol. The van der Waals surface area contributed by atoms with Gasteiger partial charge in [-0.3, -0.25) is 4.84 Å². The Morgan fingerprint density at radius 3 is 2.41 bits per heavy atom. The first-order valence-electron chi connectivity index (χ1n) is 9.94. The van der Waals surface area contributed by atoms with Crippen LogP contribution in [0.2, 0.25) is 0 Å². The number of piperidine rings is 1. The molecule has 1 aromatic carbocycles. The predicted octanol–water partition coefficient (Wildman–Crippen LogP) is 5.28. The molecule has 1 fully saturated rings. The largest absolute Gasteiger partial charge is 0.331 e. The molecule has 27 heavy (non-hydrogen) atoms. The fourth-order valence-electron chi connectivity index (χ4n) is 3.91. The van der Waals surface area contributed by atoms with Gasteiger partial charge in [0, 0.05) is 24.8 Å². The Kier molecular flexibility index (Phi) is 6.82. The van der Waals surface area contributed by atoms with Crippen LogP contribution in [0.3, 0.4) is 0 Å². The first kappa shape index (κ1) is 21.6. The smallest absolute Gasteiger partial charge is 0.319 e. The minimum atomic E-state index is -0.387. The molecule has 0 N–H and O–H groups in total. The zero-order valence-corrected chi connectivity index (χ0v) is 17.8. The number of oxime groups is 1. The van der Waals surface area contributed by atoms with Crippen molar-refractivity contribution in [3.8, 4) is 0 Å². The summed E-state index contributed by atoms with van der Waals surface area (Å²) in [4.78, 5) is 22.9. The number of benzene rings is 1. The molecule has 1 aliphatic rings. The lowest BCUT2D eigenvalue weighted by Crippen LogP contribution is -2.66. The zero-order chi connectivity index (χ0) is 20.2. The SMILES string of the molecule is CCC1(C)C/C(=N/OC(C)=O)C(C)C(C)(CC)N1OC(C)c1ccccc1. The minimum Gasteiger partial charge on any atom is -0.319 e. The van der Waals surface area contributed by atoms with Crippen molar-refractivity contribution in [2.45, 2.75) is 84.9 Å². The maximum absolute atomic E-state index is 11.3. The lowest BCUT2D eigenvalue weighted by Gasteiger charge is -2.57. The molecule has 4 unspecified atom stereocenters. The molecule has 0 spiro atoms. The molecule has 1 aliphatic heterocycles. The molecular weight excluding hydrogens is 340 g/mol. The van der Waals surface area contributed by atoms with Crippen LogP contribution in [0.5, 0.6) is 0 Å². The standard InChI is InChI=1S/C22H34N2O3/c1-8-21(6)15-20(23-26-18(5)25)16(3)22(7,9-2)24(21)27-17(4)19-13-11-10-12-14-19/h10-14,16-17H,8-9,15H2,1-7H3/b23-20-. The van der Waals surface area contributed by atoms with Crippen molar-refractivity contribution >= 4 is 11.7 Å². The third-order valence-electron chi connectivity index (χ3n) is 6.25. The molecule has 1 saturated heterocycles. The van der Waals surface area contributed by atoms with E-state index in [1.807, 2.05) is 18.2 Å². The quantitative estimate of drug-likeness (QED) is 0.502. The van der Waals surface area contributed by atoms with Crippen LogP contribution < -0.4 is 0 Å². The molecule has 5 heteroatoms. The summed E-state index contributed by atoms with van der Waals surface area (Å²) in [6.07, 6.45) is 2.44. The van der Waals surface area contributed by atoms with Crippen molar-refractivity contribution in [2.75, 3.05) is 0 Å². The highest BCUT2D eigenvalue weighted by Crippen LogP contribution is 2.46. The van der Waals surface area contributed by atoms with Crippen molar-refractivity contribution in [2.24, 2.45) is 11.1 Å². The van der Waals surface area contributed by atoms with Crippen molar-refractivity contribution in [3.63, 3.8) is 0 Å². The second-order valence-electron chi connectivity index (χ2n) is 8.08. The number of carbonyl (C=O) groups excluding carboxylic acids is 1. The van der Waals surface area contributed by atoms with E-state index < -0.39 is 0 Å². The minimum absolute atomic E-state index is 0.0536. The van der Waals surface area contributed by atoms with E-state index in [4.69, 9.17) is 9.68 Å². The summed E-state index contributed by atoms with van der Waals surface area (Å²) in [7, 11) is 0. The third kappa shape index (κ3) is 4.41. The molecule has 0 bridgehead atoms. The van der Waals surface area contributed by atoms with Gasteiger partial charge in [-0.25, -0.2) is 4.79 Å². The molecule has 0 amide bonds. The average molecular weight is 375 g/mol. The van der Waals surface area contributed by atoms with Gasteiger partial charge in [-0.1, -0.05) is 56.3 Å². The molecule has 2 rings (SSSR count). The summed E-state index contributed by atoms with van der Waals surface area (Å²) in [5, 5.41) is 6.41. The maximum atomic E-state index is 11.3. The number of hydrogen-bond acceptors (Lipinski definition) is 5. The van der Waals surface area contributed by atoms with Gasteiger partial charge in [0.15, 0.2) is 0 Å². The highest BCUT2D eigenvalue weighted by molar-refractivity contribution is 5.89. The van der Waals surface area contributed by atoms with Crippen molar-refractivity contribution in [3.05, 3.63) is 35.9 Å². The maximum Gasteiger partial charge on any atom is 0.331 e. The number of hydroxylamine groups is 2. The summed E-state index contributed by atoms with van der Waals surface area (Å²) >= 11 is 0. The van der Waals surface area contributed by atoms with Gasteiger partial charge >= 0.3 is 5.97 Å². The van der Waals surface area contributed by atoms with Gasteiger partial charge in [-0.05, 0) is 39.2 Å². The van der Waals surface area contributed by atoms with Crippen molar-refractivity contribution in [1.29, 1.82) is 0 Å². The lowest BCUT2D eigenvalue weighted by molar-refractivity contribution is -0.310. The van der Waals surface area contributed by atoms with E-state index in [1.54, 1.807) is 0 Å². The second-order valence-corrected chi connectivity index (χ2v) is 8.08. The lowest BCUT2D eigenvalue weighted by atomic mass is 9.70. The van der Waals surface area contributed by atoms with Crippen LogP contribution >= 0.6 is 0 Å². The number of hydrogen-bond donors (Lipinski definition) is 0. The molecule has 0 aromatic heterocycles. The first-order chi connectivity index (χ1) is 12.7. The Balaban J connectivity index is 2.39. The van der Waals surface area contributed by atoms with Gasteiger partial charge < -0.3 is 4.84 Å². The van der Waals surface area contributed by atoms with E-state index in [9.17, 15) is 4.79 Å². The van der Waals surface area contributed by atoms with Gasteiger partial charge in [0.25, 0.3) is 0 Å². The van der Waals surface area contributed by atoms with E-state index in [0.29, 0.717) is 6.42 Å². The molecular formula is C22H34N2O3. The van der Waals surface area contributed by atoms with Crippen LogP contribution in [0.1, 0.15) is 79.4 Å². The molecule has 150 valence electrons. The average Bonchev–Trinajstić information content (AvgIpc) is 2.67. The second kappa shape index (κ2) is 8.53. The summed E-state index contributed by atoms with van der Waals surface area (Å²) in [6, 6.07) is 10.3. The van der Waals surface area contributed by atoms with Crippen LogP contribution in [-0.4, -0.2) is 27.8 Å². The van der Waals surface area contributed by atoms with Gasteiger partial charge in [0.05, 0.1) is 11.3 Å². The van der Waals surface area contributed by atoms with Crippen LogP contribution in [0, 0.1) is 5.92 Å². The van der Waals surface area contributed by atoms with E-state index in [-0.39, 0.29) is 29.1 Å². The Bertz CT molecular complexity index is 675. The molecule has 5 nitrogen and oxygen atoms in total. The van der Waals surface area contributed by atoms with Crippen LogP contribution in [0.4, 0.5) is 0 Å². The summed E-state index contributed by atoms with van der Waals surface area (Å²) in [5.74, 6) is -0.285. The number of nitrogens with zero attached hydrogens (tertiary/aromatic N) is 2. The Labute approximate surface area is 163 Å². The Hall–Kier alpha value is -1.72. The zero-order valence-electron chi connectivity index (χ0n) is 17.8. The van der Waals surface area contributed by atoms with Gasteiger partial charge in [-0.2, -0.15) is 5.06 Å². The summed E-state index contributed by atoms with van der Waals surface area (Å²) in [6.45, 7) is 14.4. The molecule has 1 aromatic rings. The Morgan fingerprint density at radius 2 is 1.89 bits per heavy atom. The van der Waals surface area contributed by atoms with Gasteiger partial charge in [0.2, 0.25) is 0 Å². The molecule has 0 saturated carbocycles. The topological polar surface area (TPSA) is 51.1 Å². The van der Waals surface area contributed by atoms with Crippen LogP contribution in [0.25, 0.3) is 0 Å². The summed E-state index contributed by atoms with van der Waals surface area (Å²) in [5.41, 5.74) is 1.58. The van der Waals surface area contributed by atoms with E-state index in [2.05, 4.69) is 63.9 Å². The van der Waals surface area contributed by atoms with E-state index in [1.165, 1.54) is 6.92 Å². The molecule has 4 atom stereocenters. The molecule has 1 heterocycles. The van der Waals surface area contributed by atoms with Gasteiger partial charge in [-0.15, -0.1) is 0 Å². The van der Waals surface area contributed by atoms with E-state index >= 15 is 0 Å². The molecule has 0 aliphatic carbocycles. The monoisotopic (exact) mass is 374 g/mol. The fraction of sp³-hybridized carbons (Fsp3) is 0.636. The van der Waals surface area contributed by atoms with Gasteiger partial charge in [0.1, 0.15) is 6.10 Å². The molecule has 0 radical (unpaired) electrons. The number of rotatable bonds is 6. The van der Waals surface area contributed by atoms with Crippen LogP contribution in [-0.2, 0) is 14.5 Å². The summed E-state index contributed by atoms with van der Waals surface area (Å²) < 4.78 is 0.